The average molecular weight is 377 g/mol. The van der Waals surface area contributed by atoms with Crippen LogP contribution >= 0.6 is 0 Å². The molecule has 0 aliphatic carbocycles. The fraction of sp³-hybridized carbons (Fsp3) is 0.278. The molecule has 0 spiro atoms. The Hall–Kier alpha value is -3.23. The van der Waals surface area contributed by atoms with Gasteiger partial charge in [-0.3, -0.25) is 4.79 Å². The van der Waals surface area contributed by atoms with Crippen LogP contribution in [-0.2, 0) is 17.6 Å². The number of aromatic nitrogens is 2. The maximum Gasteiger partial charge on any atom is 0.387 e. The fourth-order valence-electron chi connectivity index (χ4n) is 2.35. The number of nitrogens with zero attached hydrogens (tertiary/aromatic N) is 2. The van der Waals surface area contributed by atoms with Gasteiger partial charge in [-0.15, -0.1) is 0 Å². The molecule has 0 radical (unpaired) electrons. The van der Waals surface area contributed by atoms with E-state index in [2.05, 4.69) is 20.2 Å². The smallest absolute Gasteiger partial charge is 0.387 e. The maximum absolute atomic E-state index is 12.1. The van der Waals surface area contributed by atoms with Crippen molar-refractivity contribution in [1.29, 1.82) is 0 Å². The van der Waals surface area contributed by atoms with Gasteiger partial charge in [-0.05, 0) is 36.2 Å². The third kappa shape index (κ3) is 5.63. The van der Waals surface area contributed by atoms with Crippen LogP contribution in [-0.4, -0.2) is 29.2 Å². The van der Waals surface area contributed by atoms with E-state index < -0.39 is 6.61 Å². The molecule has 2 heterocycles. The lowest BCUT2D eigenvalue weighted by atomic mass is 10.1. The van der Waals surface area contributed by atoms with Gasteiger partial charge in [0.1, 0.15) is 5.75 Å². The van der Waals surface area contributed by atoms with Gasteiger partial charge in [0.05, 0.1) is 6.26 Å². The number of carbonyl (C=O) groups is 1. The van der Waals surface area contributed by atoms with Gasteiger partial charge in [-0.1, -0.05) is 17.3 Å². The van der Waals surface area contributed by atoms with E-state index in [1.54, 1.807) is 24.3 Å². The number of ether oxygens (including phenoxy) is 1. The molecule has 9 heteroatoms. The Morgan fingerprint density at radius 3 is 2.70 bits per heavy atom. The van der Waals surface area contributed by atoms with Crippen molar-refractivity contribution in [3.05, 3.63) is 54.1 Å². The van der Waals surface area contributed by atoms with Crippen molar-refractivity contribution in [1.82, 2.24) is 15.5 Å². The van der Waals surface area contributed by atoms with Gasteiger partial charge in [-0.2, -0.15) is 13.8 Å². The van der Waals surface area contributed by atoms with Crippen molar-refractivity contribution < 1.29 is 27.3 Å². The Morgan fingerprint density at radius 2 is 2.00 bits per heavy atom. The fourth-order valence-corrected chi connectivity index (χ4v) is 2.35. The number of alkyl halides is 2. The molecule has 0 saturated heterocycles. The second kappa shape index (κ2) is 8.93. The minimum atomic E-state index is -2.84. The number of furan rings is 1. The number of rotatable bonds is 9. The molecule has 0 atom stereocenters. The van der Waals surface area contributed by atoms with Crippen LogP contribution in [0.5, 0.6) is 5.75 Å². The minimum Gasteiger partial charge on any atom is -0.461 e. The molecule has 0 saturated carbocycles. The van der Waals surface area contributed by atoms with Crippen LogP contribution in [0.3, 0.4) is 0 Å². The van der Waals surface area contributed by atoms with Crippen LogP contribution in [0, 0.1) is 0 Å². The quantitative estimate of drug-likeness (QED) is 0.616. The molecular formula is C18H17F2N3O4. The van der Waals surface area contributed by atoms with Crippen LogP contribution in [0.2, 0.25) is 0 Å². The summed E-state index contributed by atoms with van der Waals surface area (Å²) in [6, 6.07) is 9.73. The van der Waals surface area contributed by atoms with Gasteiger partial charge in [0.25, 0.3) is 0 Å². The first-order chi connectivity index (χ1) is 13.1. The number of benzene rings is 1. The first-order valence-corrected chi connectivity index (χ1v) is 8.27. The minimum absolute atomic E-state index is 0.103. The molecular weight excluding hydrogens is 360 g/mol. The summed E-state index contributed by atoms with van der Waals surface area (Å²) < 4.78 is 38.7. The van der Waals surface area contributed by atoms with Gasteiger partial charge in [-0.25, -0.2) is 0 Å². The van der Waals surface area contributed by atoms with E-state index in [0.29, 0.717) is 36.9 Å². The standard InChI is InChI=1S/C18H17F2N3O4/c19-18(20)26-13-5-3-12(4-6-13)9-10-21-15(24)7-8-16-22-17(23-27-16)14-2-1-11-25-14/h1-6,11,18H,7-10H2,(H,21,24). The van der Waals surface area contributed by atoms with Gasteiger partial charge < -0.3 is 19.0 Å². The lowest BCUT2D eigenvalue weighted by Crippen LogP contribution is -2.25. The predicted molar refractivity (Wildman–Crippen MR) is 90.1 cm³/mol. The highest BCUT2D eigenvalue weighted by molar-refractivity contribution is 5.76. The molecule has 3 aromatic rings. The van der Waals surface area contributed by atoms with Gasteiger partial charge in [0.15, 0.2) is 5.76 Å². The van der Waals surface area contributed by atoms with Gasteiger partial charge >= 0.3 is 6.61 Å². The van der Waals surface area contributed by atoms with E-state index in [1.807, 2.05) is 0 Å². The molecule has 2 aromatic heterocycles. The van der Waals surface area contributed by atoms with Crippen LogP contribution in [0.4, 0.5) is 8.78 Å². The molecule has 1 N–H and O–H groups in total. The lowest BCUT2D eigenvalue weighted by Gasteiger charge is -2.07. The number of aryl methyl sites for hydroxylation is 1. The first kappa shape index (κ1) is 18.6. The Kier molecular flexibility index (Phi) is 6.14. The summed E-state index contributed by atoms with van der Waals surface area (Å²) in [6.07, 6.45) is 2.61. The van der Waals surface area contributed by atoms with E-state index in [-0.39, 0.29) is 18.1 Å². The molecule has 27 heavy (non-hydrogen) atoms. The monoisotopic (exact) mass is 377 g/mol. The SMILES string of the molecule is O=C(CCc1nc(-c2ccco2)no1)NCCc1ccc(OC(F)F)cc1. The number of hydrogen-bond donors (Lipinski definition) is 1. The molecule has 0 unspecified atom stereocenters. The van der Waals surface area contributed by atoms with Crippen molar-refractivity contribution in [3.8, 4) is 17.3 Å². The molecule has 3 rings (SSSR count). The summed E-state index contributed by atoms with van der Waals surface area (Å²) in [7, 11) is 0. The van der Waals surface area contributed by atoms with Crippen LogP contribution in [0.1, 0.15) is 17.9 Å². The number of amides is 1. The van der Waals surface area contributed by atoms with Crippen LogP contribution in [0.25, 0.3) is 11.6 Å². The molecule has 7 nitrogen and oxygen atoms in total. The summed E-state index contributed by atoms with van der Waals surface area (Å²) in [4.78, 5) is 16.1. The van der Waals surface area contributed by atoms with E-state index in [1.165, 1.54) is 18.4 Å². The number of nitrogens with one attached hydrogen (secondary N) is 1. The first-order valence-electron chi connectivity index (χ1n) is 8.27. The number of hydrogen-bond acceptors (Lipinski definition) is 6. The Labute approximate surface area is 153 Å². The van der Waals surface area contributed by atoms with Crippen molar-refractivity contribution in [3.63, 3.8) is 0 Å². The van der Waals surface area contributed by atoms with E-state index in [4.69, 9.17) is 8.94 Å². The normalized spacial score (nSPS) is 10.9. The molecule has 0 fully saturated rings. The van der Waals surface area contributed by atoms with Crippen LogP contribution in [0.15, 0.2) is 51.6 Å². The summed E-state index contributed by atoms with van der Waals surface area (Å²) in [5.74, 6) is 1.15. The summed E-state index contributed by atoms with van der Waals surface area (Å²) in [5.41, 5.74) is 0.900. The molecule has 1 aromatic carbocycles. The molecule has 142 valence electrons. The predicted octanol–water partition coefficient (Wildman–Crippen LogP) is 3.22. The Morgan fingerprint density at radius 1 is 1.19 bits per heavy atom. The van der Waals surface area contributed by atoms with E-state index >= 15 is 0 Å². The van der Waals surface area contributed by atoms with Crippen LogP contribution < -0.4 is 10.1 Å². The zero-order chi connectivity index (χ0) is 19.1. The van der Waals surface area contributed by atoms with Gasteiger partial charge in [0.2, 0.25) is 17.6 Å². The summed E-state index contributed by atoms with van der Waals surface area (Å²) >= 11 is 0. The molecule has 0 aliphatic rings. The number of carbonyl (C=O) groups excluding carboxylic acids is 1. The van der Waals surface area contributed by atoms with E-state index in [9.17, 15) is 13.6 Å². The lowest BCUT2D eigenvalue weighted by molar-refractivity contribution is -0.121. The molecule has 0 bridgehead atoms. The second-order valence-electron chi connectivity index (χ2n) is 5.61. The third-order valence-corrected chi connectivity index (χ3v) is 3.66. The van der Waals surface area contributed by atoms with Crippen molar-refractivity contribution in [2.24, 2.45) is 0 Å². The van der Waals surface area contributed by atoms with Crippen molar-refractivity contribution in [2.75, 3.05) is 6.54 Å². The Bertz CT molecular complexity index is 848. The molecule has 1 amide bonds. The molecule has 0 aliphatic heterocycles. The zero-order valence-electron chi connectivity index (χ0n) is 14.2. The van der Waals surface area contributed by atoms with Gasteiger partial charge in [0, 0.05) is 19.4 Å². The summed E-state index contributed by atoms with van der Waals surface area (Å²) in [6.45, 7) is -2.42. The highest BCUT2D eigenvalue weighted by Gasteiger charge is 2.12. The average Bonchev–Trinajstić information content (AvgIpc) is 3.32. The summed E-state index contributed by atoms with van der Waals surface area (Å²) in [5, 5.41) is 6.58. The van der Waals surface area contributed by atoms with Crippen molar-refractivity contribution in [2.45, 2.75) is 25.9 Å². The Balaban J connectivity index is 1.37. The maximum atomic E-state index is 12.1. The van der Waals surface area contributed by atoms with Crippen molar-refractivity contribution >= 4 is 5.91 Å². The zero-order valence-corrected chi connectivity index (χ0v) is 14.2. The number of halogens is 2. The third-order valence-electron chi connectivity index (χ3n) is 3.66. The largest absolute Gasteiger partial charge is 0.461 e. The highest BCUT2D eigenvalue weighted by atomic mass is 19.3. The highest BCUT2D eigenvalue weighted by Crippen LogP contribution is 2.16. The second-order valence-corrected chi connectivity index (χ2v) is 5.61. The topological polar surface area (TPSA) is 90.4 Å². The van der Waals surface area contributed by atoms with E-state index in [0.717, 1.165) is 5.56 Å².